The van der Waals surface area contributed by atoms with Crippen LogP contribution in [0.3, 0.4) is 0 Å². The molecule has 2 nitrogen and oxygen atoms in total. The maximum Gasteiger partial charge on any atom is 2.00 e. The predicted molar refractivity (Wildman–Crippen MR) is 57.0 cm³/mol. The smallest absolute Gasteiger partial charge is 1.00 e. The van der Waals surface area contributed by atoms with Crippen molar-refractivity contribution in [2.75, 3.05) is 0 Å². The number of halogens is 2. The second-order valence-electron chi connectivity index (χ2n) is 3.22. The Morgan fingerprint density at radius 1 is 0.647 bits per heavy atom. The second kappa shape index (κ2) is 7.06. The monoisotopic (exact) mass is 397 g/mol. The van der Waals surface area contributed by atoms with Crippen molar-refractivity contribution in [3.05, 3.63) is 48.8 Å². The minimum Gasteiger partial charge on any atom is -1.00 e. The van der Waals surface area contributed by atoms with Crippen molar-refractivity contribution in [3.63, 3.8) is 0 Å². The Labute approximate surface area is 131 Å². The molecule has 0 saturated carbocycles. The number of nitrogens with zero attached hydrogens (tertiary/aromatic N) is 2. The molecule has 0 bridgehead atoms. The molecule has 0 unspecified atom stereocenters. The Morgan fingerprint density at radius 2 is 1.06 bits per heavy atom. The SMILES string of the molecule is [Br-].[Br-].[Co+2].c1cnc2c(c1)ccc1cccnc12. The summed E-state index contributed by atoms with van der Waals surface area (Å²) >= 11 is 0. The number of hydrogen-bond acceptors (Lipinski definition) is 2. The van der Waals surface area contributed by atoms with Crippen LogP contribution in [-0.4, -0.2) is 9.97 Å². The van der Waals surface area contributed by atoms with Crippen molar-refractivity contribution in [2.45, 2.75) is 0 Å². The number of hydrogen-bond donors (Lipinski definition) is 0. The van der Waals surface area contributed by atoms with Crippen LogP contribution in [0.1, 0.15) is 0 Å². The second-order valence-corrected chi connectivity index (χ2v) is 3.22. The first-order chi connectivity index (χ1) is 6.95. The first-order valence-electron chi connectivity index (χ1n) is 4.53. The minimum atomic E-state index is 0. The van der Waals surface area contributed by atoms with Gasteiger partial charge in [0.2, 0.25) is 0 Å². The van der Waals surface area contributed by atoms with Crippen LogP contribution in [0.2, 0.25) is 0 Å². The Balaban J connectivity index is 0.000000853. The topological polar surface area (TPSA) is 25.8 Å². The molecule has 0 spiro atoms. The van der Waals surface area contributed by atoms with Crippen molar-refractivity contribution < 1.29 is 50.7 Å². The largest absolute Gasteiger partial charge is 2.00 e. The predicted octanol–water partition coefficient (Wildman–Crippen LogP) is -3.21. The molecular formula is C12H8Br2CoN2. The van der Waals surface area contributed by atoms with Gasteiger partial charge in [0.05, 0.1) is 11.0 Å². The summed E-state index contributed by atoms with van der Waals surface area (Å²) in [4.78, 5) is 8.69. The molecule has 0 N–H and O–H groups in total. The van der Waals surface area contributed by atoms with E-state index in [9.17, 15) is 0 Å². The van der Waals surface area contributed by atoms with Crippen molar-refractivity contribution in [1.82, 2.24) is 9.97 Å². The number of fused-ring (bicyclic) bond motifs is 3. The molecule has 2 aromatic heterocycles. The normalized spacial score (nSPS) is 8.94. The third-order valence-corrected chi connectivity index (χ3v) is 2.34. The summed E-state index contributed by atoms with van der Waals surface area (Å²) in [5, 5.41) is 2.28. The fraction of sp³-hybridized carbons (Fsp3) is 0. The Kier molecular flexibility index (Phi) is 6.85. The average molecular weight is 399 g/mol. The van der Waals surface area contributed by atoms with E-state index < -0.39 is 0 Å². The molecular weight excluding hydrogens is 391 g/mol. The first-order valence-corrected chi connectivity index (χ1v) is 4.53. The summed E-state index contributed by atoms with van der Waals surface area (Å²) in [5.41, 5.74) is 1.95. The van der Waals surface area contributed by atoms with E-state index in [-0.39, 0.29) is 50.7 Å². The van der Waals surface area contributed by atoms with Crippen molar-refractivity contribution in [1.29, 1.82) is 0 Å². The molecule has 0 atom stereocenters. The molecule has 3 aromatic rings. The van der Waals surface area contributed by atoms with Gasteiger partial charge in [0.25, 0.3) is 0 Å². The van der Waals surface area contributed by atoms with Crippen molar-refractivity contribution >= 4 is 21.8 Å². The summed E-state index contributed by atoms with van der Waals surface area (Å²) in [6, 6.07) is 12.1. The molecule has 0 saturated heterocycles. The van der Waals surface area contributed by atoms with E-state index in [1.165, 1.54) is 0 Å². The molecule has 0 aliphatic heterocycles. The number of pyridine rings is 2. The Bertz CT molecular complexity index is 561. The van der Waals surface area contributed by atoms with Crippen molar-refractivity contribution in [2.24, 2.45) is 0 Å². The first kappa shape index (κ1) is 16.5. The zero-order valence-corrected chi connectivity index (χ0v) is 12.8. The van der Waals surface area contributed by atoms with Gasteiger partial charge in [-0.05, 0) is 12.1 Å². The maximum absolute atomic E-state index is 4.35. The minimum absolute atomic E-state index is 0. The van der Waals surface area contributed by atoms with Crippen LogP contribution in [0.4, 0.5) is 0 Å². The molecule has 2 heterocycles. The fourth-order valence-corrected chi connectivity index (χ4v) is 1.68. The number of benzene rings is 1. The van der Waals surface area contributed by atoms with Gasteiger partial charge in [-0.2, -0.15) is 0 Å². The van der Waals surface area contributed by atoms with Crippen LogP contribution < -0.4 is 34.0 Å². The third-order valence-electron chi connectivity index (χ3n) is 2.34. The molecule has 0 aliphatic carbocycles. The quantitative estimate of drug-likeness (QED) is 0.373. The van der Waals surface area contributed by atoms with E-state index in [2.05, 4.69) is 34.2 Å². The summed E-state index contributed by atoms with van der Waals surface area (Å²) in [6.07, 6.45) is 3.60. The standard InChI is InChI=1S/C12H8N2.2BrH.Co/c1-3-9-5-6-10-4-2-8-14-12(10)11(9)13-7-1;;;/h1-8H;2*1H;/q;;;+2/p-2. The zero-order valence-electron chi connectivity index (χ0n) is 8.60. The van der Waals surface area contributed by atoms with Crippen molar-refractivity contribution in [3.8, 4) is 0 Å². The molecule has 0 amide bonds. The van der Waals surface area contributed by atoms with Crippen LogP contribution in [-0.2, 0) is 16.8 Å². The Morgan fingerprint density at radius 3 is 1.47 bits per heavy atom. The van der Waals surface area contributed by atoms with Crippen LogP contribution in [0.5, 0.6) is 0 Å². The Hall–Kier alpha value is -0.494. The van der Waals surface area contributed by atoms with Gasteiger partial charge in [-0.1, -0.05) is 24.3 Å². The van der Waals surface area contributed by atoms with E-state index in [4.69, 9.17) is 0 Å². The zero-order chi connectivity index (χ0) is 9.38. The van der Waals surface area contributed by atoms with Gasteiger partial charge in [0.1, 0.15) is 0 Å². The van der Waals surface area contributed by atoms with E-state index >= 15 is 0 Å². The van der Waals surface area contributed by atoms with Gasteiger partial charge in [-0.15, -0.1) is 0 Å². The average Bonchev–Trinajstić information content (AvgIpc) is 2.29. The van der Waals surface area contributed by atoms with Crippen LogP contribution in [0.25, 0.3) is 21.8 Å². The van der Waals surface area contributed by atoms with Gasteiger partial charge in [-0.3, -0.25) is 9.97 Å². The summed E-state index contributed by atoms with van der Waals surface area (Å²) in [7, 11) is 0. The summed E-state index contributed by atoms with van der Waals surface area (Å²) in [6.45, 7) is 0. The molecule has 5 heteroatoms. The number of rotatable bonds is 0. The van der Waals surface area contributed by atoms with E-state index in [1.807, 2.05) is 12.1 Å². The fourth-order valence-electron chi connectivity index (χ4n) is 1.68. The van der Waals surface area contributed by atoms with Crippen LogP contribution >= 0.6 is 0 Å². The maximum atomic E-state index is 4.35. The molecule has 17 heavy (non-hydrogen) atoms. The molecule has 3 rings (SSSR count). The molecule has 1 radical (unpaired) electrons. The van der Waals surface area contributed by atoms with Gasteiger partial charge >= 0.3 is 16.8 Å². The molecule has 0 fully saturated rings. The van der Waals surface area contributed by atoms with Gasteiger partial charge in [0.15, 0.2) is 0 Å². The van der Waals surface area contributed by atoms with E-state index in [0.29, 0.717) is 0 Å². The molecule has 89 valence electrons. The summed E-state index contributed by atoms with van der Waals surface area (Å²) < 4.78 is 0. The van der Waals surface area contributed by atoms with E-state index in [0.717, 1.165) is 21.8 Å². The number of aromatic nitrogens is 2. The van der Waals surface area contributed by atoms with Gasteiger partial charge < -0.3 is 34.0 Å². The summed E-state index contributed by atoms with van der Waals surface area (Å²) in [5.74, 6) is 0. The molecule has 0 aliphatic rings. The van der Waals surface area contributed by atoms with Gasteiger partial charge in [-0.25, -0.2) is 0 Å². The van der Waals surface area contributed by atoms with Crippen LogP contribution in [0.15, 0.2) is 48.8 Å². The molecule has 1 aromatic carbocycles. The van der Waals surface area contributed by atoms with Crippen LogP contribution in [0, 0.1) is 0 Å². The van der Waals surface area contributed by atoms with E-state index in [1.54, 1.807) is 12.4 Å². The van der Waals surface area contributed by atoms with Gasteiger partial charge in [0, 0.05) is 23.2 Å². The third kappa shape index (κ3) is 3.04.